The number of aliphatic carboxylic acids is 2. The van der Waals surface area contributed by atoms with Crippen molar-refractivity contribution < 1.29 is 94.7 Å². The zero-order valence-electron chi connectivity index (χ0n) is 45.4. The number of rotatable bonds is 20. The second kappa shape index (κ2) is 63.7. The molecule has 0 unspecified atom stereocenters. The van der Waals surface area contributed by atoms with Gasteiger partial charge in [-0.15, -0.1) is 24.0 Å². The monoisotopic (exact) mass is 1660 g/mol. The number of esters is 4. The highest BCUT2D eigenvalue weighted by Gasteiger charge is 2.50. The maximum atomic E-state index is 12.0. The Kier molecular flexibility index (Phi) is 91.5. The summed E-state index contributed by atoms with van der Waals surface area (Å²) < 4.78 is 79.9. The number of nitrogens with two attached hydrogens (primary N) is 1. The second-order valence-corrected chi connectivity index (χ2v) is 17.1. The Morgan fingerprint density at radius 1 is 0.800 bits per heavy atom. The van der Waals surface area contributed by atoms with Crippen molar-refractivity contribution in [3.63, 3.8) is 0 Å². The molecule has 3 fully saturated rings. The maximum absolute atomic E-state index is 12.0. The van der Waals surface area contributed by atoms with Crippen LogP contribution < -0.4 is 16.4 Å². The fourth-order valence-electron chi connectivity index (χ4n) is 6.37. The van der Waals surface area contributed by atoms with E-state index >= 15 is 0 Å². The molecular formula is C44H98BF3I3N4O17S8. The van der Waals surface area contributed by atoms with E-state index in [4.69, 9.17) is 25.4 Å². The van der Waals surface area contributed by atoms with Gasteiger partial charge in [-0.2, -0.15) is 116 Å². The van der Waals surface area contributed by atoms with Crippen LogP contribution in [0.1, 0.15) is 156 Å². The zero-order chi connectivity index (χ0) is 54.2. The van der Waals surface area contributed by atoms with Crippen LogP contribution in [0.3, 0.4) is 0 Å². The third-order valence-corrected chi connectivity index (χ3v) is 11.1. The van der Waals surface area contributed by atoms with Gasteiger partial charge < -0.3 is 40.2 Å². The normalized spacial score (nSPS) is 17.5. The first kappa shape index (κ1) is 115. The smallest absolute Gasteiger partial charge is 0.480 e. The molecule has 36 heteroatoms. The number of nitrogens with zero attached hydrogens (tertiary/aromatic N) is 1. The Labute approximate surface area is 566 Å². The maximum Gasteiger partial charge on any atom is 0.523 e. The zero-order valence-corrected chi connectivity index (χ0v) is 59.9. The Bertz CT molecular complexity index is 1740. The van der Waals surface area contributed by atoms with E-state index in [0.29, 0.717) is 37.8 Å². The number of fused-ring (bicyclic) bond motifs is 1. The number of ketones is 1. The predicted octanol–water partition coefficient (Wildman–Crippen LogP) is 8.68. The third kappa shape index (κ3) is 47.4. The van der Waals surface area contributed by atoms with E-state index in [-0.39, 0.29) is 193 Å². The number of carbonyl (C=O) groups excluding carboxylic acids is 6. The number of Topliss-reactive ketones (excluding diaryl/α,β-unsaturated/α-hetero) is 1. The van der Waals surface area contributed by atoms with Gasteiger partial charge in [-0.3, -0.25) is 29.4 Å². The van der Waals surface area contributed by atoms with Crippen molar-refractivity contribution in [1.29, 1.82) is 0 Å². The van der Waals surface area contributed by atoms with E-state index in [1.807, 2.05) is 13.8 Å². The van der Waals surface area contributed by atoms with Crippen LogP contribution in [0, 0.1) is 5.92 Å². The number of nitrogens with one attached hydrogen (secondary N) is 2. The number of halogens is 6. The topological polar surface area (TPSA) is 311 Å². The quantitative estimate of drug-likeness (QED) is 0.0145. The van der Waals surface area contributed by atoms with E-state index < -0.39 is 81.8 Å². The summed E-state index contributed by atoms with van der Waals surface area (Å²) in [5.74, 6) is -3.59. The van der Waals surface area contributed by atoms with Crippen LogP contribution in [-0.4, -0.2) is 153 Å². The van der Waals surface area contributed by atoms with Crippen molar-refractivity contribution in [2.45, 2.75) is 209 Å². The fraction of sp³-hybridized carbons (Fsp3) is 0.818. The minimum Gasteiger partial charge on any atom is -0.480 e. The predicted molar refractivity (Wildman–Crippen MR) is 372 cm³/mol. The number of carboxylic acid groups (broad SMARTS) is 2. The standard InChI is InChI=1S/C11H17NO5.C10H19NO4.C9H15NO2.C8H13F3O5S.C4H9NO.2CH4.B.I2.HI.7H2S.H2/c1-4-6-8(10(14)16-5-2)12-7(3)9(13)17-11(12)15;1-4-6-8(10(14)15-5-2)11-7(3)9(12)13;11-9(12)8-5-6-3-1-2-4-7(6)10-8;1-3-5-6(7(12)15-4-2)16-17(13,14)8(9,10)11;1-3(5)4(2)6;;;;1-2;;;;;;;;;/h7-8H,4-6H2,1-3H3;7-8,11H,4-6H2,1-3H3,(H,12,13);6-8,10H,1-5H2,(H,11,12);6H,3-5H2,1-2H3;3H,5H2,1-2H3;2*1H4;;;1H;7*1H2;1H/t2*7-,8-;6-,7-,8-;6-;3-;;;;;;;;;;;;;/m00110............./s1/i;;;;;;;;;;;;;;;;;1+1. The molecule has 0 aromatic rings. The lowest BCUT2D eigenvalue weighted by Crippen LogP contribution is -2.46. The molecule has 0 spiro atoms. The number of ether oxygens (including phenoxy) is 4. The summed E-state index contributed by atoms with van der Waals surface area (Å²) in [7, 11) is -5.78. The average molecular weight is 1660 g/mol. The molecule has 21 nitrogen and oxygen atoms in total. The molecule has 1 saturated carbocycles. The summed E-state index contributed by atoms with van der Waals surface area (Å²) in [5.41, 5.74) is -0.464. The van der Waals surface area contributed by atoms with E-state index in [1.165, 1.54) is 53.4 Å². The highest BCUT2D eigenvalue weighted by Crippen LogP contribution is 2.33. The Morgan fingerprint density at radius 2 is 1.21 bits per heavy atom. The van der Waals surface area contributed by atoms with Crippen LogP contribution in [0.2, 0.25) is 0 Å². The molecule has 3 aliphatic rings. The average Bonchev–Trinajstić information content (AvgIpc) is 3.83. The number of hydrogen-bond acceptors (Lipinski definition) is 18. The number of carbonyl (C=O) groups is 8. The Hall–Kier alpha value is 0.245. The summed E-state index contributed by atoms with van der Waals surface area (Å²) >= 11 is 4.24. The molecule has 0 aromatic carbocycles. The van der Waals surface area contributed by atoms with Gasteiger partial charge in [0, 0.05) is 53.1 Å². The van der Waals surface area contributed by atoms with Gasteiger partial charge in [-0.25, -0.2) is 23.4 Å². The van der Waals surface area contributed by atoms with Gasteiger partial charge in [-0.1, -0.05) is 67.7 Å². The molecular weight excluding hydrogens is 1560 g/mol. The lowest BCUT2D eigenvalue weighted by molar-refractivity contribution is -0.152. The van der Waals surface area contributed by atoms with Crippen molar-refractivity contribution in [3.05, 3.63) is 0 Å². The number of alkyl halides is 3. The first-order valence-electron chi connectivity index (χ1n) is 22.5. The number of amides is 1. The summed E-state index contributed by atoms with van der Waals surface area (Å²) in [6, 6.07) is -2.80. The Morgan fingerprint density at radius 3 is 1.55 bits per heavy atom. The summed E-state index contributed by atoms with van der Waals surface area (Å²) in [4.78, 5) is 89.5. The largest absolute Gasteiger partial charge is 0.523 e. The van der Waals surface area contributed by atoms with Gasteiger partial charge in [-0.05, 0) is 92.9 Å². The first-order valence-corrected chi connectivity index (χ1v) is 30.2. The second-order valence-electron chi connectivity index (χ2n) is 15.5. The molecule has 0 bridgehead atoms. The molecule has 1 amide bonds. The van der Waals surface area contributed by atoms with E-state index in [0.717, 1.165) is 17.7 Å². The molecule has 9 atom stereocenters. The van der Waals surface area contributed by atoms with Crippen LogP contribution in [-0.2, 0) is 66.8 Å². The van der Waals surface area contributed by atoms with Gasteiger partial charge in [0.1, 0.15) is 36.0 Å². The fourth-order valence-corrected chi connectivity index (χ4v) is 6.96. The van der Waals surface area contributed by atoms with E-state index in [1.54, 1.807) is 27.7 Å². The number of hydrogen-bond donors (Lipinski definition) is 5. The van der Waals surface area contributed by atoms with Crippen LogP contribution in [0.4, 0.5) is 18.0 Å². The van der Waals surface area contributed by atoms with E-state index in [2.05, 4.69) is 61.5 Å². The van der Waals surface area contributed by atoms with Gasteiger partial charge in [0.2, 0.25) is 0 Å². The lowest BCUT2D eigenvalue weighted by Gasteiger charge is -2.25. The highest BCUT2D eigenvalue weighted by atomic mass is 128. The summed E-state index contributed by atoms with van der Waals surface area (Å²) in [6.45, 7) is 16.9. The van der Waals surface area contributed by atoms with Crippen LogP contribution in [0.15, 0.2) is 0 Å². The highest BCUT2D eigenvalue weighted by molar-refractivity contribution is 15.0. The molecule has 2 heterocycles. The van der Waals surface area contributed by atoms with Crippen molar-refractivity contribution in [1.82, 2.24) is 15.5 Å². The van der Waals surface area contributed by atoms with Crippen LogP contribution >= 0.6 is 156 Å². The number of cyclic esters (lactones) is 2. The van der Waals surface area contributed by atoms with Crippen LogP contribution in [0.25, 0.3) is 0 Å². The van der Waals surface area contributed by atoms with Crippen molar-refractivity contribution in [3.8, 4) is 0 Å². The van der Waals surface area contributed by atoms with Crippen molar-refractivity contribution in [2.24, 2.45) is 11.7 Å². The van der Waals surface area contributed by atoms with E-state index in [9.17, 15) is 59.9 Å². The summed E-state index contributed by atoms with van der Waals surface area (Å²) in [5, 5.41) is 23.4. The molecule has 2 saturated heterocycles. The first-order chi connectivity index (χ1) is 32.1. The SMILES string of the molecule is C.C.CC(=O)[C@H](C)N.CCC[C@@H](C(=O)OCC)N1C(=O)OC(=O)[C@@H]1C.CCC[C@@H](OS(=O)(=O)C(F)(F)F)C(=O)OCC.CCC[C@H](N[C@@H](C)C(=O)O)C(=O)OCC.I.II.O=C(O)[C@H]1C[C@H]2CCCC[C@H]2N1.S.S.S.S.S.S.S.[2HH].[B]. The van der Waals surface area contributed by atoms with Crippen molar-refractivity contribution in [2.75, 3.05) is 19.8 Å². The molecule has 80 heavy (non-hydrogen) atoms. The van der Waals surface area contributed by atoms with Crippen molar-refractivity contribution >= 4 is 222 Å². The van der Waals surface area contributed by atoms with Gasteiger partial charge in [0.05, 0.1) is 25.9 Å². The van der Waals surface area contributed by atoms with Gasteiger partial charge in [0.25, 0.3) is 0 Å². The minimum atomic E-state index is -5.78. The molecule has 3 radical (unpaired) electrons. The lowest BCUT2D eigenvalue weighted by atomic mass is 9.85. The van der Waals surface area contributed by atoms with Gasteiger partial charge in [0.15, 0.2) is 6.10 Å². The third-order valence-electron chi connectivity index (χ3n) is 10.0. The minimum absolute atomic E-state index is 0. The summed E-state index contributed by atoms with van der Waals surface area (Å²) in [6.07, 6.45) is 5.90. The van der Waals surface area contributed by atoms with Gasteiger partial charge >= 0.3 is 57.5 Å². The Balaban J connectivity index is -0.0000000505. The molecule has 489 valence electrons. The molecule has 3 rings (SSSR count). The number of carboxylic acids is 2. The van der Waals surface area contributed by atoms with Crippen LogP contribution in [0.5, 0.6) is 0 Å². The molecule has 1 aliphatic carbocycles. The molecule has 2 aliphatic heterocycles. The molecule has 6 N–H and O–H groups in total. The molecule has 0 aromatic heterocycles.